The fourth-order valence-corrected chi connectivity index (χ4v) is 4.51. The number of aryl methyl sites for hydroxylation is 2. The molecule has 5 rings (SSSR count). The minimum absolute atomic E-state index is 0.217. The first-order valence-corrected chi connectivity index (χ1v) is 10.3. The lowest BCUT2D eigenvalue weighted by Crippen LogP contribution is -2.32. The maximum atomic E-state index is 10.8. The van der Waals surface area contributed by atoms with E-state index in [2.05, 4.69) is 33.3 Å². The largest absolute Gasteiger partial charge is 0.507 e. The first-order chi connectivity index (χ1) is 14.4. The predicted molar refractivity (Wildman–Crippen MR) is 120 cm³/mol. The van der Waals surface area contributed by atoms with Crippen LogP contribution in [0.5, 0.6) is 5.75 Å². The molecule has 1 fully saturated rings. The van der Waals surface area contributed by atoms with Crippen molar-refractivity contribution in [2.75, 3.05) is 25.0 Å². The van der Waals surface area contributed by atoms with Crippen LogP contribution in [0, 0.1) is 12.8 Å². The van der Waals surface area contributed by atoms with Gasteiger partial charge < -0.3 is 15.3 Å². The Balaban J connectivity index is 1.53. The average Bonchev–Trinajstić information content (AvgIpc) is 3.31. The van der Waals surface area contributed by atoms with Crippen molar-refractivity contribution in [1.82, 2.24) is 25.1 Å². The van der Waals surface area contributed by atoms with Crippen LogP contribution in [0.2, 0.25) is 0 Å². The Bertz CT molecular complexity index is 1260. The number of likely N-dealkylation sites (N-methyl/N-ethyl adjacent to an activating group) is 1. The molecule has 1 saturated heterocycles. The number of rotatable bonds is 3. The molecule has 0 amide bonds. The van der Waals surface area contributed by atoms with Gasteiger partial charge in [0.25, 0.3) is 0 Å². The summed E-state index contributed by atoms with van der Waals surface area (Å²) in [5.41, 5.74) is 4.77. The summed E-state index contributed by atoms with van der Waals surface area (Å²) in [4.78, 5) is 11.8. The number of hydrogen-bond acceptors (Lipinski definition) is 6. The minimum atomic E-state index is 0.217. The highest BCUT2D eigenvalue weighted by Crippen LogP contribution is 2.36. The van der Waals surface area contributed by atoms with Gasteiger partial charge in [0.15, 0.2) is 5.65 Å². The zero-order valence-corrected chi connectivity index (χ0v) is 17.7. The zero-order chi connectivity index (χ0) is 21.0. The predicted octanol–water partition coefficient (Wildman–Crippen LogP) is 3.24. The highest BCUT2D eigenvalue weighted by molar-refractivity contribution is 5.91. The molecule has 3 aromatic heterocycles. The van der Waals surface area contributed by atoms with Crippen LogP contribution in [0.1, 0.15) is 12.5 Å². The fourth-order valence-electron chi connectivity index (χ4n) is 4.51. The number of hydrogen-bond donors (Lipinski definition) is 2. The molecule has 2 N–H and O–H groups in total. The number of anilines is 1. The van der Waals surface area contributed by atoms with Gasteiger partial charge in [-0.3, -0.25) is 4.68 Å². The molecule has 1 aromatic carbocycles. The molecule has 154 valence electrons. The van der Waals surface area contributed by atoms with E-state index in [9.17, 15) is 5.11 Å². The van der Waals surface area contributed by atoms with Gasteiger partial charge in [-0.25, -0.2) is 9.97 Å². The molecule has 7 nitrogen and oxygen atoms in total. The molecule has 1 aliphatic rings. The van der Waals surface area contributed by atoms with Gasteiger partial charge in [0.1, 0.15) is 5.75 Å². The Morgan fingerprint density at radius 2 is 2.00 bits per heavy atom. The maximum absolute atomic E-state index is 10.8. The summed E-state index contributed by atoms with van der Waals surface area (Å²) in [5.74, 6) is 0.814. The topological polar surface area (TPSA) is 79.1 Å². The van der Waals surface area contributed by atoms with E-state index >= 15 is 0 Å². The summed E-state index contributed by atoms with van der Waals surface area (Å²) in [5, 5.41) is 20.6. The number of phenolic OH excluding ortho intramolecular Hbond substituents is 1. The summed E-state index contributed by atoms with van der Waals surface area (Å²) in [6, 6.07) is 8.57. The van der Waals surface area contributed by atoms with E-state index in [1.807, 2.05) is 51.6 Å². The van der Waals surface area contributed by atoms with Crippen LogP contribution >= 0.6 is 0 Å². The standard InChI is InChI=1S/C23H26N6O/c1-13-10-29(12-20(13)24-3)17-7-15-5-6-19(26-23(15)25-9-17)18-8-16-11-28(4)27-21(16)14(2)22(18)30/h5-9,11,13,20,24,30H,10,12H2,1-4H3. The minimum Gasteiger partial charge on any atom is -0.507 e. The molecule has 1 aliphatic heterocycles. The first-order valence-electron chi connectivity index (χ1n) is 10.3. The van der Waals surface area contributed by atoms with E-state index in [1.54, 1.807) is 4.68 Å². The smallest absolute Gasteiger partial charge is 0.159 e. The second kappa shape index (κ2) is 6.95. The molecule has 4 heterocycles. The molecule has 0 spiro atoms. The Morgan fingerprint density at radius 3 is 2.77 bits per heavy atom. The van der Waals surface area contributed by atoms with Crippen molar-refractivity contribution >= 4 is 27.6 Å². The second-order valence-electron chi connectivity index (χ2n) is 8.35. The molecular weight excluding hydrogens is 376 g/mol. The van der Waals surface area contributed by atoms with E-state index in [4.69, 9.17) is 4.98 Å². The third-order valence-electron chi connectivity index (χ3n) is 6.27. The Labute approximate surface area is 175 Å². The number of aromatic nitrogens is 4. The molecular formula is C23H26N6O. The number of phenols is 1. The van der Waals surface area contributed by atoms with E-state index in [-0.39, 0.29) is 5.75 Å². The quantitative estimate of drug-likeness (QED) is 0.548. The van der Waals surface area contributed by atoms with Gasteiger partial charge >= 0.3 is 0 Å². The van der Waals surface area contributed by atoms with Crippen LogP contribution in [0.15, 0.2) is 36.7 Å². The number of nitrogens with zero attached hydrogens (tertiary/aromatic N) is 5. The molecule has 0 radical (unpaired) electrons. The van der Waals surface area contributed by atoms with Crippen LogP contribution in [0.25, 0.3) is 33.2 Å². The third kappa shape index (κ3) is 2.97. The van der Waals surface area contributed by atoms with Gasteiger partial charge in [-0.1, -0.05) is 6.92 Å². The van der Waals surface area contributed by atoms with Crippen LogP contribution < -0.4 is 10.2 Å². The van der Waals surface area contributed by atoms with Crippen molar-refractivity contribution in [3.63, 3.8) is 0 Å². The van der Waals surface area contributed by atoms with Crippen molar-refractivity contribution in [1.29, 1.82) is 0 Å². The van der Waals surface area contributed by atoms with Crippen molar-refractivity contribution in [3.8, 4) is 17.0 Å². The van der Waals surface area contributed by atoms with Crippen LogP contribution in [-0.2, 0) is 7.05 Å². The zero-order valence-electron chi connectivity index (χ0n) is 17.7. The van der Waals surface area contributed by atoms with E-state index in [1.165, 1.54) is 0 Å². The Hall–Kier alpha value is -3.19. The Morgan fingerprint density at radius 1 is 1.17 bits per heavy atom. The van der Waals surface area contributed by atoms with Crippen LogP contribution in [0.4, 0.5) is 5.69 Å². The van der Waals surface area contributed by atoms with Crippen molar-refractivity contribution < 1.29 is 5.11 Å². The lowest BCUT2D eigenvalue weighted by atomic mass is 10.0. The van der Waals surface area contributed by atoms with Gasteiger partial charge in [-0.2, -0.15) is 5.10 Å². The lowest BCUT2D eigenvalue weighted by Gasteiger charge is -2.18. The molecule has 7 heteroatoms. The van der Waals surface area contributed by atoms with Crippen LogP contribution in [0.3, 0.4) is 0 Å². The molecule has 0 saturated carbocycles. The van der Waals surface area contributed by atoms with Crippen molar-refractivity contribution in [3.05, 3.63) is 42.2 Å². The summed E-state index contributed by atoms with van der Waals surface area (Å²) < 4.78 is 1.76. The van der Waals surface area contributed by atoms with Crippen molar-refractivity contribution in [2.45, 2.75) is 19.9 Å². The van der Waals surface area contributed by atoms with E-state index < -0.39 is 0 Å². The van der Waals surface area contributed by atoms with E-state index in [0.717, 1.165) is 40.6 Å². The maximum Gasteiger partial charge on any atom is 0.159 e. The summed E-state index contributed by atoms with van der Waals surface area (Å²) in [6.45, 7) is 6.16. The number of fused-ring (bicyclic) bond motifs is 2. The van der Waals surface area contributed by atoms with Gasteiger partial charge in [0, 0.05) is 54.3 Å². The highest BCUT2D eigenvalue weighted by atomic mass is 16.3. The number of benzene rings is 1. The molecule has 2 unspecified atom stereocenters. The van der Waals surface area contributed by atoms with Gasteiger partial charge in [-0.05, 0) is 44.2 Å². The second-order valence-corrected chi connectivity index (χ2v) is 8.35. The van der Waals surface area contributed by atoms with Gasteiger partial charge in [-0.15, -0.1) is 0 Å². The van der Waals surface area contributed by atoms with Gasteiger partial charge in [0.05, 0.1) is 23.1 Å². The Kier molecular flexibility index (Phi) is 4.36. The number of aromatic hydroxyl groups is 1. The summed E-state index contributed by atoms with van der Waals surface area (Å²) >= 11 is 0. The van der Waals surface area contributed by atoms with Gasteiger partial charge in [0.2, 0.25) is 0 Å². The molecule has 30 heavy (non-hydrogen) atoms. The first kappa shape index (κ1) is 18.8. The van der Waals surface area contributed by atoms with E-state index in [0.29, 0.717) is 28.9 Å². The monoisotopic (exact) mass is 402 g/mol. The normalized spacial score (nSPS) is 19.3. The summed E-state index contributed by atoms with van der Waals surface area (Å²) in [6.07, 6.45) is 3.85. The van der Waals surface area contributed by atoms with Crippen LogP contribution in [-0.4, -0.2) is 51.0 Å². The molecule has 4 aromatic rings. The molecule has 0 aliphatic carbocycles. The number of pyridine rings is 2. The lowest BCUT2D eigenvalue weighted by molar-refractivity contribution is 0.474. The van der Waals surface area contributed by atoms with Crippen molar-refractivity contribution in [2.24, 2.45) is 13.0 Å². The number of nitrogens with one attached hydrogen (secondary N) is 1. The molecule has 0 bridgehead atoms. The summed E-state index contributed by atoms with van der Waals surface area (Å²) in [7, 11) is 3.90. The fraction of sp³-hybridized carbons (Fsp3) is 0.348. The third-order valence-corrected chi connectivity index (χ3v) is 6.27. The molecule has 2 atom stereocenters. The highest BCUT2D eigenvalue weighted by Gasteiger charge is 2.28. The average molecular weight is 403 g/mol. The SMILES string of the molecule is CNC1CN(c2cnc3nc(-c4cc5cn(C)nc5c(C)c4O)ccc3c2)CC1C.